The molecule has 0 aliphatic carbocycles. The number of imidazole rings is 1. The number of piperazine rings is 1. The lowest BCUT2D eigenvalue weighted by Gasteiger charge is -2.33. The predicted molar refractivity (Wildman–Crippen MR) is 137 cm³/mol. The maximum absolute atomic E-state index is 12.5. The zero-order chi connectivity index (χ0) is 24.4. The van der Waals surface area contributed by atoms with Gasteiger partial charge in [-0.1, -0.05) is 11.6 Å². The molecule has 2 aromatic heterocycles. The highest BCUT2D eigenvalue weighted by atomic mass is 35.5. The molecule has 9 nitrogen and oxygen atoms in total. The third kappa shape index (κ3) is 5.35. The summed E-state index contributed by atoms with van der Waals surface area (Å²) in [5, 5.41) is 2.94. The van der Waals surface area contributed by atoms with E-state index in [9.17, 15) is 9.59 Å². The van der Waals surface area contributed by atoms with Gasteiger partial charge < -0.3 is 24.8 Å². The molecule has 0 atom stereocenters. The zero-order valence-corrected chi connectivity index (χ0v) is 21.0. The first-order valence-corrected chi connectivity index (χ1v) is 12.7. The standard InChI is InChI=1S/C24H27ClN6O3S/c1-28-8-10-29(11-9-28)24-27-17(14-26-23(33)20-6-7-21(25)35-20)15-31(24)19-4-2-18(3-5-19)30-12-13-34-16-22(30)32/h2-7,15H,8-14,16H2,1H3,(H,26,33). The minimum atomic E-state index is -0.169. The summed E-state index contributed by atoms with van der Waals surface area (Å²) in [6.45, 7) is 5.16. The van der Waals surface area contributed by atoms with Gasteiger partial charge in [-0.2, -0.15) is 0 Å². The van der Waals surface area contributed by atoms with Crippen LogP contribution in [-0.4, -0.2) is 79.3 Å². The minimum absolute atomic E-state index is 0.0326. The maximum Gasteiger partial charge on any atom is 0.261 e. The molecule has 0 unspecified atom stereocenters. The molecule has 2 fully saturated rings. The fourth-order valence-electron chi connectivity index (χ4n) is 4.20. The van der Waals surface area contributed by atoms with E-state index >= 15 is 0 Å². The van der Waals surface area contributed by atoms with Crippen molar-refractivity contribution in [2.45, 2.75) is 6.54 Å². The number of carbonyl (C=O) groups is 2. The van der Waals surface area contributed by atoms with Crippen LogP contribution in [0.4, 0.5) is 11.6 Å². The first kappa shape index (κ1) is 23.8. The first-order valence-electron chi connectivity index (χ1n) is 11.5. The highest BCUT2D eigenvalue weighted by Gasteiger charge is 2.23. The largest absolute Gasteiger partial charge is 0.370 e. The van der Waals surface area contributed by atoms with E-state index in [0.29, 0.717) is 28.9 Å². The summed E-state index contributed by atoms with van der Waals surface area (Å²) in [4.78, 5) is 36.5. The number of aromatic nitrogens is 2. The SMILES string of the molecule is CN1CCN(c2nc(CNC(=O)c3ccc(Cl)s3)cn2-c2ccc(N3CCOCC3=O)cc2)CC1. The molecule has 4 heterocycles. The number of nitrogens with zero attached hydrogens (tertiary/aromatic N) is 5. The summed E-state index contributed by atoms with van der Waals surface area (Å²) in [7, 11) is 2.12. The average molecular weight is 515 g/mol. The van der Waals surface area contributed by atoms with Crippen LogP contribution in [-0.2, 0) is 16.1 Å². The summed E-state index contributed by atoms with van der Waals surface area (Å²) >= 11 is 7.22. The van der Waals surface area contributed by atoms with Gasteiger partial charge in [-0.3, -0.25) is 14.2 Å². The van der Waals surface area contributed by atoms with Crippen molar-refractivity contribution >= 4 is 46.4 Å². The Bertz CT molecular complexity index is 1200. The van der Waals surface area contributed by atoms with Crippen molar-refractivity contribution < 1.29 is 14.3 Å². The second-order valence-electron chi connectivity index (χ2n) is 8.59. The van der Waals surface area contributed by atoms with Crippen molar-refractivity contribution in [3.8, 4) is 5.69 Å². The van der Waals surface area contributed by atoms with E-state index < -0.39 is 0 Å². The highest BCUT2D eigenvalue weighted by Crippen LogP contribution is 2.25. The summed E-state index contributed by atoms with van der Waals surface area (Å²) in [5.74, 6) is 0.642. The first-order chi connectivity index (χ1) is 17.0. The van der Waals surface area contributed by atoms with E-state index in [1.165, 1.54) is 11.3 Å². The van der Waals surface area contributed by atoms with E-state index in [-0.39, 0.29) is 18.4 Å². The van der Waals surface area contributed by atoms with Crippen molar-refractivity contribution in [2.24, 2.45) is 0 Å². The van der Waals surface area contributed by atoms with Crippen molar-refractivity contribution in [3.63, 3.8) is 0 Å². The molecule has 3 aromatic rings. The molecule has 2 saturated heterocycles. The maximum atomic E-state index is 12.5. The number of ether oxygens (including phenoxy) is 1. The van der Waals surface area contributed by atoms with Crippen molar-refractivity contribution in [2.75, 3.05) is 62.8 Å². The van der Waals surface area contributed by atoms with Gasteiger partial charge in [0.05, 0.1) is 28.1 Å². The Labute approximate surface area is 212 Å². The number of nitrogens with one attached hydrogen (secondary N) is 1. The molecule has 5 rings (SSSR count). The average Bonchev–Trinajstić information content (AvgIpc) is 3.50. The number of anilines is 2. The van der Waals surface area contributed by atoms with Crippen LogP contribution in [0.1, 0.15) is 15.4 Å². The molecular formula is C24H27ClN6O3S. The van der Waals surface area contributed by atoms with Crippen LogP contribution in [0.5, 0.6) is 0 Å². The molecule has 2 amide bonds. The number of benzene rings is 1. The lowest BCUT2D eigenvalue weighted by molar-refractivity contribution is -0.125. The number of halogens is 1. The molecule has 11 heteroatoms. The Morgan fingerprint density at radius 2 is 1.83 bits per heavy atom. The Hall–Kier alpha value is -2.92. The Morgan fingerprint density at radius 3 is 2.51 bits per heavy atom. The molecular weight excluding hydrogens is 488 g/mol. The summed E-state index contributed by atoms with van der Waals surface area (Å²) < 4.78 is 7.88. The Morgan fingerprint density at radius 1 is 1.09 bits per heavy atom. The number of rotatable bonds is 6. The number of morpholine rings is 1. The van der Waals surface area contributed by atoms with Gasteiger partial charge in [-0.05, 0) is 43.4 Å². The van der Waals surface area contributed by atoms with Gasteiger partial charge in [0.2, 0.25) is 5.95 Å². The second kappa shape index (κ2) is 10.4. The van der Waals surface area contributed by atoms with Crippen LogP contribution >= 0.6 is 22.9 Å². The molecule has 184 valence electrons. The van der Waals surface area contributed by atoms with Crippen molar-refractivity contribution in [3.05, 3.63) is 57.5 Å². The molecule has 1 aromatic carbocycles. The molecule has 1 N–H and O–H groups in total. The predicted octanol–water partition coefficient (Wildman–Crippen LogP) is 2.63. The van der Waals surface area contributed by atoms with Gasteiger partial charge in [0.1, 0.15) is 6.61 Å². The smallest absolute Gasteiger partial charge is 0.261 e. The molecule has 0 spiro atoms. The number of carbonyl (C=O) groups excluding carboxylic acids is 2. The topological polar surface area (TPSA) is 82.9 Å². The third-order valence-corrected chi connectivity index (χ3v) is 7.41. The zero-order valence-electron chi connectivity index (χ0n) is 19.4. The molecule has 2 aliphatic rings. The lowest BCUT2D eigenvalue weighted by Crippen LogP contribution is -2.45. The van der Waals surface area contributed by atoms with E-state index in [4.69, 9.17) is 21.3 Å². The summed E-state index contributed by atoms with van der Waals surface area (Å²) in [6, 6.07) is 11.3. The van der Waals surface area contributed by atoms with Crippen molar-refractivity contribution in [1.29, 1.82) is 0 Å². The van der Waals surface area contributed by atoms with E-state index in [0.717, 1.165) is 49.2 Å². The molecule has 0 bridgehead atoms. The van der Waals surface area contributed by atoms with Crippen LogP contribution in [0.25, 0.3) is 5.69 Å². The van der Waals surface area contributed by atoms with Gasteiger partial charge in [0.15, 0.2) is 0 Å². The normalized spacial score (nSPS) is 17.1. The summed E-state index contributed by atoms with van der Waals surface area (Å²) in [6.07, 6.45) is 1.96. The Kier molecular flexibility index (Phi) is 7.05. The number of amides is 2. The lowest BCUT2D eigenvalue weighted by atomic mass is 10.2. The van der Waals surface area contributed by atoms with E-state index in [1.807, 2.05) is 30.5 Å². The third-order valence-electron chi connectivity index (χ3n) is 6.18. The monoisotopic (exact) mass is 514 g/mol. The molecule has 35 heavy (non-hydrogen) atoms. The quantitative estimate of drug-likeness (QED) is 0.544. The fraction of sp³-hybridized carbons (Fsp3) is 0.375. The fourth-order valence-corrected chi connectivity index (χ4v) is 5.16. The number of likely N-dealkylation sites (N-methyl/N-ethyl adjacent to an activating group) is 1. The Balaban J connectivity index is 1.38. The molecule has 0 saturated carbocycles. The molecule has 0 radical (unpaired) electrons. The number of thiophene rings is 1. The second-order valence-corrected chi connectivity index (χ2v) is 10.3. The van der Waals surface area contributed by atoms with Gasteiger partial charge in [-0.15, -0.1) is 11.3 Å². The van der Waals surface area contributed by atoms with Crippen LogP contribution < -0.4 is 15.1 Å². The van der Waals surface area contributed by atoms with Crippen LogP contribution in [0, 0.1) is 0 Å². The highest BCUT2D eigenvalue weighted by molar-refractivity contribution is 7.18. The van der Waals surface area contributed by atoms with Crippen molar-refractivity contribution in [1.82, 2.24) is 19.8 Å². The van der Waals surface area contributed by atoms with Gasteiger partial charge in [0, 0.05) is 50.3 Å². The van der Waals surface area contributed by atoms with Crippen LogP contribution in [0.15, 0.2) is 42.6 Å². The minimum Gasteiger partial charge on any atom is -0.370 e. The van der Waals surface area contributed by atoms with Gasteiger partial charge in [-0.25, -0.2) is 4.98 Å². The summed E-state index contributed by atoms with van der Waals surface area (Å²) in [5.41, 5.74) is 2.56. The molecule has 2 aliphatic heterocycles. The van der Waals surface area contributed by atoms with E-state index in [1.54, 1.807) is 17.0 Å². The van der Waals surface area contributed by atoms with E-state index in [2.05, 4.69) is 26.7 Å². The number of hydrogen-bond acceptors (Lipinski definition) is 7. The van der Waals surface area contributed by atoms with Gasteiger partial charge in [0.25, 0.3) is 11.8 Å². The van der Waals surface area contributed by atoms with Crippen LogP contribution in [0.3, 0.4) is 0 Å². The van der Waals surface area contributed by atoms with Gasteiger partial charge >= 0.3 is 0 Å². The number of hydrogen-bond donors (Lipinski definition) is 1. The van der Waals surface area contributed by atoms with Crippen LogP contribution in [0.2, 0.25) is 4.34 Å².